The van der Waals surface area contributed by atoms with Gasteiger partial charge in [-0.2, -0.15) is 10.6 Å². The molecule has 0 unspecified atom stereocenters. The summed E-state index contributed by atoms with van der Waals surface area (Å²) in [5.41, 5.74) is 2.27. The highest BCUT2D eigenvalue weighted by atomic mass is 32.3. The van der Waals surface area contributed by atoms with Crippen molar-refractivity contribution < 1.29 is 13.8 Å². The van der Waals surface area contributed by atoms with Gasteiger partial charge < -0.3 is 20.3 Å². The van der Waals surface area contributed by atoms with Gasteiger partial charge in [-0.05, 0) is 82.2 Å². The van der Waals surface area contributed by atoms with Crippen LogP contribution in [0.25, 0.3) is 11.4 Å². The van der Waals surface area contributed by atoms with E-state index in [-0.39, 0.29) is 6.04 Å². The number of anilines is 2. The topological polar surface area (TPSA) is 103 Å². The van der Waals surface area contributed by atoms with Crippen molar-refractivity contribution >= 4 is 39.4 Å². The average molecular weight is 554 g/mol. The van der Waals surface area contributed by atoms with E-state index in [9.17, 15) is 9.11 Å². The van der Waals surface area contributed by atoms with Crippen molar-refractivity contribution in [3.05, 3.63) is 66.4 Å². The molecule has 8 nitrogen and oxygen atoms in total. The Bertz CT molecular complexity index is 1280. The van der Waals surface area contributed by atoms with Crippen molar-refractivity contribution in [2.75, 3.05) is 30.0 Å². The number of thiocarbonyl (C=S) groups is 1. The summed E-state index contributed by atoms with van der Waals surface area (Å²) in [6, 6.07) is 19.3. The van der Waals surface area contributed by atoms with Gasteiger partial charge in [0.1, 0.15) is 10.6 Å². The molecule has 1 saturated heterocycles. The number of hydrogen-bond donors (Lipinski definition) is 4. The van der Waals surface area contributed by atoms with E-state index in [1.807, 2.05) is 62.4 Å². The Morgan fingerprint density at radius 1 is 1.08 bits per heavy atom. The van der Waals surface area contributed by atoms with Crippen LogP contribution in [0.1, 0.15) is 39.3 Å². The largest absolute Gasteiger partial charge is 0.377 e. The van der Waals surface area contributed by atoms with Crippen LogP contribution >= 0.6 is 22.8 Å². The molecule has 4 N–H and O–H groups in total. The first kappa shape index (κ1) is 26.8. The highest BCUT2D eigenvalue weighted by Gasteiger charge is 2.40. The van der Waals surface area contributed by atoms with Crippen LogP contribution in [0.5, 0.6) is 0 Å². The lowest BCUT2D eigenvalue weighted by Gasteiger charge is -2.46. The number of benzene rings is 2. The molecule has 5 rings (SSSR count). The molecular weight excluding hydrogens is 518 g/mol. The molecule has 10 heteroatoms. The third-order valence-electron chi connectivity index (χ3n) is 7.09. The number of hydrogen-bond acceptors (Lipinski definition) is 7. The molecule has 3 aromatic rings. The van der Waals surface area contributed by atoms with Gasteiger partial charge >= 0.3 is 0 Å². The molecule has 0 spiro atoms. The average Bonchev–Trinajstić information content (AvgIpc) is 3.73. The van der Waals surface area contributed by atoms with E-state index < -0.39 is 15.3 Å². The first-order chi connectivity index (χ1) is 18.1. The van der Waals surface area contributed by atoms with Crippen LogP contribution in [0.15, 0.2) is 65.6 Å². The lowest BCUT2D eigenvalue weighted by Crippen LogP contribution is -2.44. The van der Waals surface area contributed by atoms with E-state index >= 15 is 0 Å². The van der Waals surface area contributed by atoms with Crippen LogP contribution in [0, 0.1) is 0 Å². The molecular formula is C28H35N5O3S2. The van der Waals surface area contributed by atoms with Gasteiger partial charge in [-0.1, -0.05) is 18.2 Å². The summed E-state index contributed by atoms with van der Waals surface area (Å²) < 4.78 is 27.6. The zero-order chi connectivity index (χ0) is 26.9. The summed E-state index contributed by atoms with van der Waals surface area (Å²) in [5.74, 6) is 1.27. The van der Waals surface area contributed by atoms with Crippen molar-refractivity contribution in [2.24, 2.45) is 0 Å². The molecule has 2 fully saturated rings. The van der Waals surface area contributed by atoms with Crippen molar-refractivity contribution in [1.82, 2.24) is 15.3 Å². The summed E-state index contributed by atoms with van der Waals surface area (Å²) in [5, 5.41) is 7.13. The summed E-state index contributed by atoms with van der Waals surface area (Å²) in [4.78, 5) is 12.5. The molecule has 38 heavy (non-hydrogen) atoms. The normalized spacial score (nSPS) is 18.7. The quantitative estimate of drug-likeness (QED) is 0.268. The zero-order valence-electron chi connectivity index (χ0n) is 21.9. The minimum atomic E-state index is -3.24. The first-order valence-electron chi connectivity index (χ1n) is 12.9. The van der Waals surface area contributed by atoms with Crippen LogP contribution in [0.2, 0.25) is 0 Å². The monoisotopic (exact) mass is 553 g/mol. The second-order valence-electron chi connectivity index (χ2n) is 10.4. The van der Waals surface area contributed by atoms with Gasteiger partial charge in [-0.25, -0.2) is 9.97 Å². The van der Waals surface area contributed by atoms with Crippen molar-refractivity contribution in [3.8, 4) is 11.4 Å². The van der Waals surface area contributed by atoms with Gasteiger partial charge in [0, 0.05) is 29.9 Å². The van der Waals surface area contributed by atoms with Gasteiger partial charge in [0.05, 0.1) is 29.8 Å². The maximum Gasteiger partial charge on any atom is 0.170 e. The number of morpholine rings is 1. The molecule has 1 aliphatic carbocycles. The Labute approximate surface area is 231 Å². The summed E-state index contributed by atoms with van der Waals surface area (Å²) >= 11 is 5.40. The molecule has 2 aromatic carbocycles. The molecule has 0 bridgehead atoms. The number of aromatic nitrogens is 2. The lowest BCUT2D eigenvalue weighted by molar-refractivity contribution is 0.0985. The molecule has 1 saturated carbocycles. The van der Waals surface area contributed by atoms with Crippen LogP contribution < -0.4 is 15.5 Å². The predicted octanol–water partition coefficient (Wildman–Crippen LogP) is 5.86. The zero-order valence-corrected chi connectivity index (χ0v) is 23.6. The molecule has 0 radical (unpaired) electrons. The van der Waals surface area contributed by atoms with Crippen LogP contribution in [-0.4, -0.2) is 56.0 Å². The fraction of sp³-hybridized carbons (Fsp3) is 0.393. The third-order valence-corrected chi connectivity index (χ3v) is 9.87. The molecule has 202 valence electrons. The molecule has 1 aromatic heterocycles. The lowest BCUT2D eigenvalue weighted by atomic mass is 10.1. The number of rotatable bonds is 7. The van der Waals surface area contributed by atoms with E-state index in [2.05, 4.69) is 22.5 Å². The first-order valence-corrected chi connectivity index (χ1v) is 14.9. The maximum absolute atomic E-state index is 11.5. The van der Waals surface area contributed by atoms with E-state index in [4.69, 9.17) is 26.9 Å². The predicted molar refractivity (Wildman–Crippen MR) is 158 cm³/mol. The van der Waals surface area contributed by atoms with Gasteiger partial charge in [-0.3, -0.25) is 9.11 Å². The highest BCUT2D eigenvalue weighted by Crippen LogP contribution is 2.63. The maximum atomic E-state index is 11.5. The van der Waals surface area contributed by atoms with Crippen molar-refractivity contribution in [2.45, 2.75) is 55.3 Å². The van der Waals surface area contributed by atoms with Gasteiger partial charge in [0.15, 0.2) is 10.9 Å². The van der Waals surface area contributed by atoms with Crippen LogP contribution in [0.4, 0.5) is 11.5 Å². The fourth-order valence-electron chi connectivity index (χ4n) is 4.42. The van der Waals surface area contributed by atoms with Gasteiger partial charge in [0.25, 0.3) is 0 Å². The Morgan fingerprint density at radius 2 is 1.79 bits per heavy atom. The smallest absolute Gasteiger partial charge is 0.170 e. The Balaban J connectivity index is 1.51. The van der Waals surface area contributed by atoms with E-state index in [0.717, 1.165) is 29.9 Å². The Kier molecular flexibility index (Phi) is 7.61. The van der Waals surface area contributed by atoms with E-state index in [0.29, 0.717) is 47.3 Å². The summed E-state index contributed by atoms with van der Waals surface area (Å²) in [6.07, 6.45) is 2.31. The summed E-state index contributed by atoms with van der Waals surface area (Å²) in [6.45, 7) is 7.66. The number of nitrogens with one attached hydrogen (secondary N) is 2. The SMILES string of the molecule is C[C@H]1COCCN1c1cc(C(C)(C)S(O)(O)c2ccccc2)nc(-c2ccc(NC(=S)NC3CC3)cc2)n1. The number of nitrogens with zero attached hydrogens (tertiary/aromatic N) is 3. The number of ether oxygens (including phenoxy) is 1. The summed E-state index contributed by atoms with van der Waals surface area (Å²) in [7, 11) is -3.24. The minimum absolute atomic E-state index is 0.128. The third kappa shape index (κ3) is 5.64. The van der Waals surface area contributed by atoms with Crippen molar-refractivity contribution in [3.63, 3.8) is 0 Å². The second kappa shape index (κ2) is 10.8. The van der Waals surface area contributed by atoms with Crippen molar-refractivity contribution in [1.29, 1.82) is 0 Å². The molecule has 1 aliphatic heterocycles. The molecule has 2 aliphatic rings. The van der Waals surface area contributed by atoms with Crippen LogP contribution in [-0.2, 0) is 9.48 Å². The Hall–Kier alpha value is -2.76. The molecule has 2 heterocycles. The van der Waals surface area contributed by atoms with E-state index in [1.54, 1.807) is 12.1 Å². The van der Waals surface area contributed by atoms with Gasteiger partial charge in [0.2, 0.25) is 0 Å². The second-order valence-corrected chi connectivity index (χ2v) is 13.4. The highest BCUT2D eigenvalue weighted by molar-refractivity contribution is 8.25. The van der Waals surface area contributed by atoms with E-state index in [1.165, 1.54) is 0 Å². The fourth-order valence-corrected chi connectivity index (χ4v) is 6.23. The molecule has 0 amide bonds. The Morgan fingerprint density at radius 3 is 2.45 bits per heavy atom. The van der Waals surface area contributed by atoms with Gasteiger partial charge in [-0.15, -0.1) is 0 Å². The standard InChI is InChI=1S/C28H35N5O3S2/c1-19-18-36-16-15-33(19)25-17-24(28(2,3)38(34,35)23-7-5-4-6-8-23)31-26(32-25)20-9-11-21(12-10-20)29-27(37)30-22-13-14-22/h4-12,17,19,22,34-35H,13-16,18H2,1-3H3,(H2,29,30,37)/t19-/m0/s1. The van der Waals surface area contributed by atoms with Crippen LogP contribution in [0.3, 0.4) is 0 Å². The molecule has 1 atom stereocenters. The minimum Gasteiger partial charge on any atom is -0.377 e.